The molecule has 2 heterocycles. The molecule has 1 fully saturated rings. The Morgan fingerprint density at radius 3 is 2.90 bits per heavy atom. The second kappa shape index (κ2) is 7.24. The maximum absolute atomic E-state index is 12.1. The lowest BCUT2D eigenvalue weighted by Crippen LogP contribution is -2.48. The third-order valence-corrected chi connectivity index (χ3v) is 5.15. The standard InChI is InChI=1S/C13H17BrN2O4S/c1-16(10-7-20-6-9(10)12(17)18)13(19)15-5-4-8-2-3-11(14)21-8/h2-3,9-10H,4-7H2,1H3,(H,15,19)(H,17,18). The Bertz CT molecular complexity index is 522. The summed E-state index contributed by atoms with van der Waals surface area (Å²) in [7, 11) is 1.60. The minimum absolute atomic E-state index is 0.154. The van der Waals surface area contributed by atoms with Crippen molar-refractivity contribution in [2.45, 2.75) is 12.5 Å². The van der Waals surface area contributed by atoms with Crippen LogP contribution in [-0.2, 0) is 16.0 Å². The number of amides is 2. The molecule has 2 N–H and O–H groups in total. The summed E-state index contributed by atoms with van der Waals surface area (Å²) in [6.07, 6.45) is 0.749. The van der Waals surface area contributed by atoms with Gasteiger partial charge in [0.25, 0.3) is 0 Å². The van der Waals surface area contributed by atoms with Gasteiger partial charge in [-0.05, 0) is 34.5 Å². The maximum Gasteiger partial charge on any atom is 0.317 e. The average molecular weight is 377 g/mol. The summed E-state index contributed by atoms with van der Waals surface area (Å²) in [5.74, 6) is -1.59. The maximum atomic E-state index is 12.1. The van der Waals surface area contributed by atoms with Crippen molar-refractivity contribution in [3.05, 3.63) is 20.8 Å². The predicted molar refractivity (Wildman–Crippen MR) is 82.6 cm³/mol. The molecule has 1 aromatic rings. The van der Waals surface area contributed by atoms with Gasteiger partial charge in [-0.15, -0.1) is 11.3 Å². The normalized spacial score (nSPS) is 21.2. The lowest BCUT2D eigenvalue weighted by molar-refractivity contribution is -0.142. The number of likely N-dealkylation sites (N-methyl/N-ethyl adjacent to an activating group) is 1. The van der Waals surface area contributed by atoms with Gasteiger partial charge >= 0.3 is 12.0 Å². The number of urea groups is 1. The summed E-state index contributed by atoms with van der Waals surface area (Å²) in [5.41, 5.74) is 0. The Labute approximate surface area is 135 Å². The molecule has 0 aromatic carbocycles. The van der Waals surface area contributed by atoms with Gasteiger partial charge in [0.2, 0.25) is 0 Å². The first-order chi connectivity index (χ1) is 9.99. The van der Waals surface area contributed by atoms with Crippen LogP contribution in [0, 0.1) is 5.92 Å². The van der Waals surface area contributed by atoms with E-state index in [-0.39, 0.29) is 19.2 Å². The molecule has 2 unspecified atom stereocenters. The minimum Gasteiger partial charge on any atom is -0.481 e. The highest BCUT2D eigenvalue weighted by Gasteiger charge is 2.38. The highest BCUT2D eigenvalue weighted by Crippen LogP contribution is 2.22. The van der Waals surface area contributed by atoms with Gasteiger partial charge < -0.3 is 20.1 Å². The summed E-state index contributed by atoms with van der Waals surface area (Å²) in [4.78, 5) is 25.8. The molecule has 0 saturated carbocycles. The zero-order valence-electron chi connectivity index (χ0n) is 11.5. The molecule has 2 rings (SSSR count). The molecule has 8 heteroatoms. The average Bonchev–Trinajstić information content (AvgIpc) is 3.06. The van der Waals surface area contributed by atoms with E-state index in [1.165, 1.54) is 9.78 Å². The largest absolute Gasteiger partial charge is 0.481 e. The van der Waals surface area contributed by atoms with Gasteiger partial charge in [0.1, 0.15) is 5.92 Å². The number of carboxylic acids is 1. The van der Waals surface area contributed by atoms with E-state index in [9.17, 15) is 9.59 Å². The van der Waals surface area contributed by atoms with Crippen molar-refractivity contribution in [1.82, 2.24) is 10.2 Å². The topological polar surface area (TPSA) is 78.9 Å². The van der Waals surface area contributed by atoms with E-state index in [0.29, 0.717) is 6.54 Å². The van der Waals surface area contributed by atoms with Gasteiger partial charge in [0, 0.05) is 18.5 Å². The van der Waals surface area contributed by atoms with Crippen molar-refractivity contribution in [1.29, 1.82) is 0 Å². The van der Waals surface area contributed by atoms with Crippen LogP contribution < -0.4 is 5.32 Å². The first-order valence-electron chi connectivity index (χ1n) is 6.54. The number of nitrogens with zero attached hydrogens (tertiary/aromatic N) is 1. The highest BCUT2D eigenvalue weighted by molar-refractivity contribution is 9.11. The molecular formula is C13H17BrN2O4S. The van der Waals surface area contributed by atoms with E-state index in [0.717, 1.165) is 10.2 Å². The SMILES string of the molecule is CN(C(=O)NCCc1ccc(Br)s1)C1COCC1C(=O)O. The van der Waals surface area contributed by atoms with Crippen molar-refractivity contribution in [2.24, 2.45) is 5.92 Å². The van der Waals surface area contributed by atoms with Crippen molar-refractivity contribution in [3.63, 3.8) is 0 Å². The van der Waals surface area contributed by atoms with E-state index in [4.69, 9.17) is 9.84 Å². The molecule has 2 atom stereocenters. The number of carbonyl (C=O) groups is 2. The number of carbonyl (C=O) groups excluding carboxylic acids is 1. The second-order valence-electron chi connectivity index (χ2n) is 4.85. The van der Waals surface area contributed by atoms with Crippen LogP contribution in [0.1, 0.15) is 4.88 Å². The molecule has 6 nitrogen and oxygen atoms in total. The molecular weight excluding hydrogens is 360 g/mol. The molecule has 0 spiro atoms. The molecule has 0 aliphatic carbocycles. The number of ether oxygens (including phenoxy) is 1. The minimum atomic E-state index is -0.930. The predicted octanol–water partition coefficient (Wildman–Crippen LogP) is 1.79. The van der Waals surface area contributed by atoms with E-state index < -0.39 is 17.9 Å². The molecule has 1 saturated heterocycles. The Morgan fingerprint density at radius 1 is 1.52 bits per heavy atom. The molecule has 0 bridgehead atoms. The number of rotatable bonds is 5. The van der Waals surface area contributed by atoms with Gasteiger partial charge in [0.05, 0.1) is 23.0 Å². The number of nitrogens with one attached hydrogen (secondary N) is 1. The number of aliphatic carboxylic acids is 1. The van der Waals surface area contributed by atoms with Crippen LogP contribution in [0.2, 0.25) is 0 Å². The smallest absolute Gasteiger partial charge is 0.317 e. The van der Waals surface area contributed by atoms with E-state index in [2.05, 4.69) is 21.2 Å². The van der Waals surface area contributed by atoms with Gasteiger partial charge in [-0.3, -0.25) is 4.79 Å². The summed E-state index contributed by atoms with van der Waals surface area (Å²) in [6.45, 7) is 0.932. The first-order valence-corrected chi connectivity index (χ1v) is 8.15. The number of hydrogen-bond donors (Lipinski definition) is 2. The Hall–Kier alpha value is -1.12. The Kier molecular flexibility index (Phi) is 5.60. The van der Waals surface area contributed by atoms with Gasteiger partial charge in [-0.1, -0.05) is 0 Å². The van der Waals surface area contributed by atoms with E-state index in [1.807, 2.05) is 12.1 Å². The van der Waals surface area contributed by atoms with Crippen molar-refractivity contribution in [2.75, 3.05) is 26.8 Å². The van der Waals surface area contributed by atoms with Crippen LogP contribution in [0.5, 0.6) is 0 Å². The first kappa shape index (κ1) is 16.3. The summed E-state index contributed by atoms with van der Waals surface area (Å²) >= 11 is 5.03. The van der Waals surface area contributed by atoms with Crippen molar-refractivity contribution >= 4 is 39.3 Å². The van der Waals surface area contributed by atoms with Gasteiger partial charge in [-0.2, -0.15) is 0 Å². The van der Waals surface area contributed by atoms with Crippen LogP contribution in [0.4, 0.5) is 4.79 Å². The van der Waals surface area contributed by atoms with Crippen LogP contribution in [0.15, 0.2) is 15.9 Å². The Balaban J connectivity index is 1.81. The molecule has 1 aliphatic heterocycles. The summed E-state index contributed by atoms with van der Waals surface area (Å²) < 4.78 is 6.24. The third kappa shape index (κ3) is 4.18. The number of hydrogen-bond acceptors (Lipinski definition) is 4. The number of carboxylic acid groups (broad SMARTS) is 1. The zero-order chi connectivity index (χ0) is 15.4. The number of halogens is 1. The van der Waals surface area contributed by atoms with Gasteiger partial charge in [0.15, 0.2) is 0 Å². The monoisotopic (exact) mass is 376 g/mol. The van der Waals surface area contributed by atoms with Crippen LogP contribution in [0.25, 0.3) is 0 Å². The lowest BCUT2D eigenvalue weighted by atomic mass is 10.0. The number of thiophene rings is 1. The molecule has 1 aromatic heterocycles. The van der Waals surface area contributed by atoms with Crippen LogP contribution in [0.3, 0.4) is 0 Å². The van der Waals surface area contributed by atoms with E-state index in [1.54, 1.807) is 18.4 Å². The van der Waals surface area contributed by atoms with Crippen molar-refractivity contribution < 1.29 is 19.4 Å². The van der Waals surface area contributed by atoms with Crippen LogP contribution >= 0.6 is 27.3 Å². The highest BCUT2D eigenvalue weighted by atomic mass is 79.9. The fourth-order valence-electron chi connectivity index (χ4n) is 2.21. The van der Waals surface area contributed by atoms with Crippen molar-refractivity contribution in [3.8, 4) is 0 Å². The Morgan fingerprint density at radius 2 is 2.29 bits per heavy atom. The summed E-state index contributed by atoms with van der Waals surface area (Å²) in [5, 5.41) is 11.9. The molecule has 116 valence electrons. The lowest BCUT2D eigenvalue weighted by Gasteiger charge is -2.26. The van der Waals surface area contributed by atoms with E-state index >= 15 is 0 Å². The molecule has 1 aliphatic rings. The zero-order valence-corrected chi connectivity index (χ0v) is 13.9. The molecule has 21 heavy (non-hydrogen) atoms. The fraction of sp³-hybridized carbons (Fsp3) is 0.538. The quantitative estimate of drug-likeness (QED) is 0.820. The summed E-state index contributed by atoms with van der Waals surface area (Å²) in [6, 6.07) is 3.29. The third-order valence-electron chi connectivity index (χ3n) is 3.46. The fourth-order valence-corrected chi connectivity index (χ4v) is 3.70. The second-order valence-corrected chi connectivity index (χ2v) is 7.40. The van der Waals surface area contributed by atoms with Crippen LogP contribution in [-0.4, -0.2) is 54.9 Å². The van der Waals surface area contributed by atoms with Gasteiger partial charge in [-0.25, -0.2) is 4.79 Å². The molecule has 0 radical (unpaired) electrons. The molecule has 2 amide bonds.